The van der Waals surface area contributed by atoms with E-state index in [1.54, 1.807) is 6.20 Å². The molecule has 2 rings (SSSR count). The van der Waals surface area contributed by atoms with Crippen LogP contribution in [-0.4, -0.2) is 9.55 Å². The van der Waals surface area contributed by atoms with Crippen molar-refractivity contribution in [1.29, 1.82) is 0 Å². The highest BCUT2D eigenvalue weighted by atomic mass is 35.5. The summed E-state index contributed by atoms with van der Waals surface area (Å²) in [6.07, 6.45) is 3.75. The number of imidazole rings is 1. The summed E-state index contributed by atoms with van der Waals surface area (Å²) in [6.45, 7) is 4.15. The van der Waals surface area contributed by atoms with Gasteiger partial charge in [-0.25, -0.2) is 4.98 Å². The van der Waals surface area contributed by atoms with E-state index in [1.165, 1.54) is 5.56 Å². The zero-order valence-corrected chi connectivity index (χ0v) is 11.0. The van der Waals surface area contributed by atoms with Gasteiger partial charge >= 0.3 is 0 Å². The van der Waals surface area contributed by atoms with Crippen LogP contribution in [-0.2, 0) is 7.05 Å². The van der Waals surface area contributed by atoms with Gasteiger partial charge in [0.1, 0.15) is 5.82 Å². The minimum Gasteiger partial charge on any atom is -0.375 e. The van der Waals surface area contributed by atoms with E-state index in [1.807, 2.05) is 36.0 Å². The summed E-state index contributed by atoms with van der Waals surface area (Å²) in [4.78, 5) is 4.33. The summed E-state index contributed by atoms with van der Waals surface area (Å²) in [6, 6.07) is 5.99. The van der Waals surface area contributed by atoms with Crippen molar-refractivity contribution in [3.05, 3.63) is 47.0 Å². The molecule has 0 aliphatic heterocycles. The van der Waals surface area contributed by atoms with Crippen molar-refractivity contribution in [2.45, 2.75) is 19.9 Å². The van der Waals surface area contributed by atoms with Gasteiger partial charge in [-0.3, -0.25) is 0 Å². The molecular weight excluding hydrogens is 234 g/mol. The number of benzene rings is 1. The van der Waals surface area contributed by atoms with Gasteiger partial charge in [-0.05, 0) is 31.5 Å². The molecular formula is C13H16ClN3. The van der Waals surface area contributed by atoms with E-state index < -0.39 is 0 Å². The van der Waals surface area contributed by atoms with Gasteiger partial charge in [0.2, 0.25) is 0 Å². The molecule has 2 aromatic rings. The molecule has 3 nitrogen and oxygen atoms in total. The fraction of sp³-hybridized carbons (Fsp3) is 0.308. The lowest BCUT2D eigenvalue weighted by Gasteiger charge is -2.17. The molecule has 90 valence electrons. The molecule has 0 spiro atoms. The van der Waals surface area contributed by atoms with Crippen molar-refractivity contribution in [2.24, 2.45) is 7.05 Å². The number of nitrogens with zero attached hydrogens (tertiary/aromatic N) is 2. The molecule has 0 radical (unpaired) electrons. The highest BCUT2D eigenvalue weighted by molar-refractivity contribution is 6.30. The fourth-order valence-corrected chi connectivity index (χ4v) is 2.01. The molecule has 0 saturated heterocycles. The third kappa shape index (κ3) is 2.61. The molecule has 17 heavy (non-hydrogen) atoms. The zero-order valence-electron chi connectivity index (χ0n) is 10.2. The quantitative estimate of drug-likeness (QED) is 0.902. The van der Waals surface area contributed by atoms with Crippen LogP contribution in [0.25, 0.3) is 0 Å². The molecule has 0 bridgehead atoms. The lowest BCUT2D eigenvalue weighted by atomic mass is 10.2. The first-order chi connectivity index (χ1) is 8.08. The van der Waals surface area contributed by atoms with Gasteiger partial charge in [0.25, 0.3) is 0 Å². The molecule has 0 fully saturated rings. The van der Waals surface area contributed by atoms with E-state index in [0.29, 0.717) is 0 Å². The molecule has 0 saturated carbocycles. The van der Waals surface area contributed by atoms with Crippen molar-refractivity contribution in [2.75, 3.05) is 5.32 Å². The minimum absolute atomic E-state index is 0.146. The Morgan fingerprint density at radius 1 is 1.41 bits per heavy atom. The average Bonchev–Trinajstić information content (AvgIpc) is 2.70. The summed E-state index contributed by atoms with van der Waals surface area (Å²) in [7, 11) is 1.99. The third-order valence-electron chi connectivity index (χ3n) is 2.82. The Kier molecular flexibility index (Phi) is 3.38. The van der Waals surface area contributed by atoms with E-state index in [0.717, 1.165) is 16.5 Å². The first-order valence-corrected chi connectivity index (χ1v) is 5.95. The van der Waals surface area contributed by atoms with Crippen molar-refractivity contribution < 1.29 is 0 Å². The smallest absolute Gasteiger partial charge is 0.130 e. The predicted octanol–water partition coefficient (Wildman–Crippen LogP) is 3.56. The van der Waals surface area contributed by atoms with Gasteiger partial charge in [-0.1, -0.05) is 17.7 Å². The molecule has 1 unspecified atom stereocenters. The summed E-state index contributed by atoms with van der Waals surface area (Å²) in [5.41, 5.74) is 2.23. The second kappa shape index (κ2) is 4.80. The number of rotatable bonds is 3. The average molecular weight is 250 g/mol. The Morgan fingerprint density at radius 2 is 2.18 bits per heavy atom. The molecule has 4 heteroatoms. The van der Waals surface area contributed by atoms with Crippen molar-refractivity contribution >= 4 is 17.3 Å². The van der Waals surface area contributed by atoms with Crippen molar-refractivity contribution in [1.82, 2.24) is 9.55 Å². The van der Waals surface area contributed by atoms with Crippen LogP contribution >= 0.6 is 11.6 Å². The van der Waals surface area contributed by atoms with E-state index in [2.05, 4.69) is 24.1 Å². The largest absolute Gasteiger partial charge is 0.375 e. The Morgan fingerprint density at radius 3 is 2.82 bits per heavy atom. The first-order valence-electron chi connectivity index (χ1n) is 5.58. The van der Waals surface area contributed by atoms with Crippen molar-refractivity contribution in [3.8, 4) is 0 Å². The number of aryl methyl sites for hydroxylation is 2. The van der Waals surface area contributed by atoms with E-state index in [-0.39, 0.29) is 6.04 Å². The molecule has 0 aliphatic rings. The Bertz CT molecular complexity index is 519. The zero-order chi connectivity index (χ0) is 12.4. The summed E-state index contributed by atoms with van der Waals surface area (Å²) in [5.74, 6) is 1.00. The van der Waals surface area contributed by atoms with Gasteiger partial charge in [0.05, 0.1) is 6.04 Å². The number of aromatic nitrogens is 2. The van der Waals surface area contributed by atoms with Crippen LogP contribution in [0.2, 0.25) is 5.02 Å². The maximum absolute atomic E-state index is 6.00. The highest BCUT2D eigenvalue weighted by Crippen LogP contribution is 2.24. The monoisotopic (exact) mass is 249 g/mol. The summed E-state index contributed by atoms with van der Waals surface area (Å²) >= 11 is 6.00. The number of nitrogens with one attached hydrogen (secondary N) is 1. The fourth-order valence-electron chi connectivity index (χ4n) is 1.84. The summed E-state index contributed by atoms with van der Waals surface area (Å²) in [5, 5.41) is 4.17. The minimum atomic E-state index is 0.146. The van der Waals surface area contributed by atoms with Crippen LogP contribution in [0.1, 0.15) is 24.4 Å². The maximum Gasteiger partial charge on any atom is 0.130 e. The van der Waals surface area contributed by atoms with Crippen LogP contribution in [0, 0.1) is 6.92 Å². The molecule has 1 aromatic carbocycles. The molecule has 1 aromatic heterocycles. The first kappa shape index (κ1) is 12.0. The van der Waals surface area contributed by atoms with E-state index in [4.69, 9.17) is 11.6 Å². The van der Waals surface area contributed by atoms with Gasteiger partial charge in [-0.2, -0.15) is 0 Å². The third-order valence-corrected chi connectivity index (χ3v) is 3.05. The topological polar surface area (TPSA) is 29.9 Å². The van der Waals surface area contributed by atoms with Crippen LogP contribution in [0.4, 0.5) is 5.69 Å². The maximum atomic E-state index is 6.00. The van der Waals surface area contributed by atoms with Crippen LogP contribution in [0.5, 0.6) is 0 Å². The van der Waals surface area contributed by atoms with Gasteiger partial charge < -0.3 is 9.88 Å². The highest BCUT2D eigenvalue weighted by Gasteiger charge is 2.11. The second-order valence-electron chi connectivity index (χ2n) is 4.22. The standard InChI is InChI=1S/C13H16ClN3/c1-9-4-5-11(14)8-12(9)16-10(2)13-15-6-7-17(13)3/h4-8,10,16H,1-3H3. The molecule has 1 N–H and O–H groups in total. The number of hydrogen-bond donors (Lipinski definition) is 1. The normalized spacial score (nSPS) is 12.5. The van der Waals surface area contributed by atoms with Crippen LogP contribution < -0.4 is 5.32 Å². The lowest BCUT2D eigenvalue weighted by Crippen LogP contribution is -2.12. The van der Waals surface area contributed by atoms with E-state index in [9.17, 15) is 0 Å². The number of halogens is 1. The summed E-state index contributed by atoms with van der Waals surface area (Å²) < 4.78 is 2.01. The van der Waals surface area contributed by atoms with Crippen LogP contribution in [0.3, 0.4) is 0 Å². The van der Waals surface area contributed by atoms with Gasteiger partial charge in [0, 0.05) is 30.2 Å². The Hall–Kier alpha value is -1.48. The SMILES string of the molecule is Cc1ccc(Cl)cc1NC(C)c1nccn1C. The van der Waals surface area contributed by atoms with Gasteiger partial charge in [0.15, 0.2) is 0 Å². The van der Waals surface area contributed by atoms with Crippen LogP contribution in [0.15, 0.2) is 30.6 Å². The number of hydrogen-bond acceptors (Lipinski definition) is 2. The van der Waals surface area contributed by atoms with Gasteiger partial charge in [-0.15, -0.1) is 0 Å². The predicted molar refractivity (Wildman–Crippen MR) is 71.4 cm³/mol. The Labute approximate surface area is 106 Å². The number of anilines is 1. The molecule has 1 atom stereocenters. The molecule has 0 aliphatic carbocycles. The molecule has 0 amide bonds. The molecule has 1 heterocycles. The van der Waals surface area contributed by atoms with Crippen molar-refractivity contribution in [3.63, 3.8) is 0 Å². The lowest BCUT2D eigenvalue weighted by molar-refractivity contribution is 0.721. The second-order valence-corrected chi connectivity index (χ2v) is 4.66. The van der Waals surface area contributed by atoms with E-state index >= 15 is 0 Å². The Balaban J connectivity index is 2.21.